The van der Waals surface area contributed by atoms with Crippen LogP contribution in [0.2, 0.25) is 0 Å². The minimum absolute atomic E-state index is 0.0825. The molecule has 1 saturated heterocycles. The molecule has 0 saturated carbocycles. The molecule has 1 unspecified atom stereocenters. The molecule has 1 aliphatic rings. The summed E-state index contributed by atoms with van der Waals surface area (Å²) >= 11 is 0. The summed E-state index contributed by atoms with van der Waals surface area (Å²) in [4.78, 5) is 29.2. The number of carboxylic acid groups (broad SMARTS) is 1. The van der Waals surface area contributed by atoms with Gasteiger partial charge in [0.05, 0.1) is 5.56 Å². The molecule has 3 heterocycles. The number of aromatic amines is 1. The van der Waals surface area contributed by atoms with Crippen molar-refractivity contribution in [3.05, 3.63) is 72.1 Å². The minimum atomic E-state index is -0.914. The Morgan fingerprint density at radius 2 is 1.86 bits per heavy atom. The summed E-state index contributed by atoms with van der Waals surface area (Å²) in [5, 5.41) is 11.1. The van der Waals surface area contributed by atoms with Crippen LogP contribution >= 0.6 is 0 Å². The lowest BCUT2D eigenvalue weighted by Gasteiger charge is -2.17. The number of nitrogens with one attached hydrogen (secondary N) is 1. The predicted octanol–water partition coefficient (Wildman–Crippen LogP) is 3.98. The van der Waals surface area contributed by atoms with Gasteiger partial charge in [0.25, 0.3) is 5.91 Å². The summed E-state index contributed by atoms with van der Waals surface area (Å²) in [6.45, 7) is 2.31. The van der Waals surface area contributed by atoms with Crippen LogP contribution in [0, 0.1) is 5.92 Å². The number of fused-ring (bicyclic) bond motifs is 2. The molecule has 1 fully saturated rings. The number of carbonyl (C=O) groups excluding carboxylic acids is 1. The molecular weight excluding hydrogens is 366 g/mol. The standard InChI is InChI=1S/C23H21N3O3/c27-22(18-1-3-20-16(11-18)5-8-24-20)26-9-6-15(14-26)13-25-10-7-17-12-19(23(28)29)2-4-21(17)25/h1-5,7-8,10-12,15,24H,6,9,13-14H2,(H,28,29). The van der Waals surface area contributed by atoms with Gasteiger partial charge in [0, 0.05) is 59.4 Å². The maximum absolute atomic E-state index is 12.9. The van der Waals surface area contributed by atoms with Crippen LogP contribution in [0.1, 0.15) is 27.1 Å². The zero-order valence-electron chi connectivity index (χ0n) is 15.8. The molecule has 0 bridgehead atoms. The fourth-order valence-electron chi connectivity index (χ4n) is 4.31. The summed E-state index contributed by atoms with van der Waals surface area (Å²) in [6.07, 6.45) is 4.84. The van der Waals surface area contributed by atoms with Gasteiger partial charge >= 0.3 is 5.97 Å². The van der Waals surface area contributed by atoms with Crippen LogP contribution in [0.5, 0.6) is 0 Å². The van der Waals surface area contributed by atoms with Crippen molar-refractivity contribution >= 4 is 33.7 Å². The summed E-state index contributed by atoms with van der Waals surface area (Å²) < 4.78 is 2.16. The lowest BCUT2D eigenvalue weighted by Crippen LogP contribution is -2.29. The first-order chi connectivity index (χ1) is 14.1. The van der Waals surface area contributed by atoms with E-state index in [2.05, 4.69) is 9.55 Å². The quantitative estimate of drug-likeness (QED) is 0.556. The third kappa shape index (κ3) is 3.16. The van der Waals surface area contributed by atoms with E-state index in [9.17, 15) is 9.59 Å². The number of aromatic carboxylic acids is 1. The fourth-order valence-corrected chi connectivity index (χ4v) is 4.31. The number of benzene rings is 2. The average molecular weight is 387 g/mol. The van der Waals surface area contributed by atoms with Crippen LogP contribution in [0.15, 0.2) is 60.9 Å². The van der Waals surface area contributed by atoms with Gasteiger partial charge in [0.2, 0.25) is 0 Å². The first-order valence-corrected chi connectivity index (χ1v) is 9.77. The summed E-state index contributed by atoms with van der Waals surface area (Å²) in [5.41, 5.74) is 3.08. The van der Waals surface area contributed by atoms with Crippen molar-refractivity contribution in [3.63, 3.8) is 0 Å². The zero-order valence-corrected chi connectivity index (χ0v) is 15.8. The molecule has 2 N–H and O–H groups in total. The molecule has 1 aliphatic heterocycles. The minimum Gasteiger partial charge on any atom is -0.478 e. The van der Waals surface area contributed by atoms with Crippen LogP contribution in [-0.4, -0.2) is 44.5 Å². The Hall–Kier alpha value is -3.54. The molecule has 0 radical (unpaired) electrons. The van der Waals surface area contributed by atoms with E-state index in [1.165, 1.54) is 0 Å². The Labute approximate surface area is 167 Å². The Bertz CT molecular complexity index is 1240. The van der Waals surface area contributed by atoms with Gasteiger partial charge in [-0.3, -0.25) is 4.79 Å². The van der Waals surface area contributed by atoms with Gasteiger partial charge in [-0.25, -0.2) is 4.79 Å². The summed E-state index contributed by atoms with van der Waals surface area (Å²) in [7, 11) is 0. The van der Waals surface area contributed by atoms with Crippen LogP contribution in [0.3, 0.4) is 0 Å². The smallest absolute Gasteiger partial charge is 0.335 e. The highest BCUT2D eigenvalue weighted by atomic mass is 16.4. The first kappa shape index (κ1) is 17.6. The number of amides is 1. The molecule has 2 aromatic carbocycles. The van der Waals surface area contributed by atoms with Gasteiger partial charge in [-0.2, -0.15) is 0 Å². The van der Waals surface area contributed by atoms with Gasteiger partial charge in [-0.1, -0.05) is 0 Å². The molecule has 4 aromatic rings. The molecule has 0 spiro atoms. The van der Waals surface area contributed by atoms with E-state index in [0.717, 1.165) is 53.4 Å². The number of hydrogen-bond donors (Lipinski definition) is 2. The van der Waals surface area contributed by atoms with E-state index in [1.54, 1.807) is 12.1 Å². The average Bonchev–Trinajstić information content (AvgIpc) is 3.46. The topological polar surface area (TPSA) is 78.3 Å². The van der Waals surface area contributed by atoms with E-state index in [4.69, 9.17) is 5.11 Å². The van der Waals surface area contributed by atoms with Gasteiger partial charge in [0.1, 0.15) is 0 Å². The molecule has 1 atom stereocenters. The normalized spacial score (nSPS) is 16.7. The lowest BCUT2D eigenvalue weighted by molar-refractivity contribution is 0.0696. The second-order valence-corrected chi connectivity index (χ2v) is 7.73. The van der Waals surface area contributed by atoms with Gasteiger partial charge in [-0.15, -0.1) is 0 Å². The van der Waals surface area contributed by atoms with E-state index in [0.29, 0.717) is 11.5 Å². The maximum Gasteiger partial charge on any atom is 0.335 e. The van der Waals surface area contributed by atoms with Crippen molar-refractivity contribution in [1.29, 1.82) is 0 Å². The summed E-state index contributed by atoms with van der Waals surface area (Å²) in [6, 6.07) is 14.9. The van der Waals surface area contributed by atoms with Crippen LogP contribution in [0.25, 0.3) is 21.8 Å². The molecule has 5 rings (SSSR count). The number of rotatable bonds is 4. The number of hydrogen-bond acceptors (Lipinski definition) is 2. The Morgan fingerprint density at radius 3 is 2.72 bits per heavy atom. The van der Waals surface area contributed by atoms with Crippen molar-refractivity contribution in [3.8, 4) is 0 Å². The molecule has 0 aliphatic carbocycles. The Balaban J connectivity index is 1.30. The number of carbonyl (C=O) groups is 2. The zero-order chi connectivity index (χ0) is 20.0. The Morgan fingerprint density at radius 1 is 1.03 bits per heavy atom. The molecule has 2 aromatic heterocycles. The van der Waals surface area contributed by atoms with Gasteiger partial charge in [-0.05, 0) is 60.9 Å². The number of likely N-dealkylation sites (tertiary alicyclic amines) is 1. The number of carboxylic acids is 1. The molecule has 6 heteroatoms. The monoisotopic (exact) mass is 387 g/mol. The number of aromatic nitrogens is 2. The van der Waals surface area contributed by atoms with E-state index in [-0.39, 0.29) is 5.91 Å². The van der Waals surface area contributed by atoms with Crippen molar-refractivity contribution in [2.24, 2.45) is 5.92 Å². The molecule has 29 heavy (non-hydrogen) atoms. The SMILES string of the molecule is O=C(O)c1ccc2c(ccn2CC2CCN(C(=O)c3ccc4[nH]ccc4c3)C2)c1. The Kier molecular flexibility index (Phi) is 4.12. The number of nitrogens with zero attached hydrogens (tertiary/aromatic N) is 2. The van der Waals surface area contributed by atoms with Crippen LogP contribution in [0.4, 0.5) is 0 Å². The lowest BCUT2D eigenvalue weighted by atomic mass is 10.1. The molecule has 1 amide bonds. The maximum atomic E-state index is 12.9. The second-order valence-electron chi connectivity index (χ2n) is 7.73. The molecule has 6 nitrogen and oxygen atoms in total. The third-order valence-corrected chi connectivity index (χ3v) is 5.85. The highest BCUT2D eigenvalue weighted by molar-refractivity contribution is 5.98. The highest BCUT2D eigenvalue weighted by Crippen LogP contribution is 2.25. The van der Waals surface area contributed by atoms with Crippen molar-refractivity contribution in [2.75, 3.05) is 13.1 Å². The van der Waals surface area contributed by atoms with Crippen molar-refractivity contribution in [1.82, 2.24) is 14.5 Å². The summed E-state index contributed by atoms with van der Waals surface area (Å²) in [5.74, 6) is -0.453. The fraction of sp³-hybridized carbons (Fsp3) is 0.217. The predicted molar refractivity (Wildman–Crippen MR) is 111 cm³/mol. The number of H-pyrrole nitrogens is 1. The highest BCUT2D eigenvalue weighted by Gasteiger charge is 2.27. The van der Waals surface area contributed by atoms with Gasteiger partial charge in [0.15, 0.2) is 0 Å². The molecular formula is C23H21N3O3. The van der Waals surface area contributed by atoms with Crippen molar-refractivity contribution < 1.29 is 14.7 Å². The van der Waals surface area contributed by atoms with E-state index in [1.807, 2.05) is 53.7 Å². The van der Waals surface area contributed by atoms with E-state index >= 15 is 0 Å². The van der Waals surface area contributed by atoms with Gasteiger partial charge < -0.3 is 19.6 Å². The van der Waals surface area contributed by atoms with E-state index < -0.39 is 5.97 Å². The van der Waals surface area contributed by atoms with Crippen molar-refractivity contribution in [2.45, 2.75) is 13.0 Å². The van der Waals surface area contributed by atoms with Crippen LogP contribution in [-0.2, 0) is 6.54 Å². The first-order valence-electron chi connectivity index (χ1n) is 9.77. The third-order valence-electron chi connectivity index (χ3n) is 5.85. The second kappa shape index (κ2) is 6.81. The largest absolute Gasteiger partial charge is 0.478 e. The van der Waals surface area contributed by atoms with Crippen LogP contribution < -0.4 is 0 Å². The molecule has 146 valence electrons.